The number of hydrogen-bond donors (Lipinski definition) is 5. The van der Waals surface area contributed by atoms with Gasteiger partial charge in [-0.05, 0) is 37.0 Å². The Morgan fingerprint density at radius 1 is 1.23 bits per heavy atom. The number of halogens is 2. The standard InChI is InChI=1S/C23H30F2N6O3S/c1-2-7-35-23-27-21(26-17-11-14(17)12-3-4-15(24)16(25)8-12)20-22(28-23)31(30-29-20)18-9-13(10-19(18)33)34-6-5-32/h3-4,8,13-14,17-19,29-30,32-33H,2,5-7,9-11H2,1H3,(H,26,27,28). The highest BCUT2D eigenvalue weighted by Gasteiger charge is 2.43. The predicted octanol–water partition coefficient (Wildman–Crippen LogP) is 2.78. The van der Waals surface area contributed by atoms with Gasteiger partial charge in [-0.2, -0.15) is 0 Å². The lowest BCUT2D eigenvalue weighted by Gasteiger charge is -2.27. The number of nitrogens with one attached hydrogen (secondary N) is 3. The van der Waals surface area contributed by atoms with Crippen LogP contribution in [-0.4, -0.2) is 63.4 Å². The van der Waals surface area contributed by atoms with E-state index in [2.05, 4.69) is 23.2 Å². The van der Waals surface area contributed by atoms with Crippen molar-refractivity contribution < 1.29 is 23.7 Å². The largest absolute Gasteiger partial charge is 0.394 e. The summed E-state index contributed by atoms with van der Waals surface area (Å²) in [5.41, 5.74) is 7.69. The molecule has 0 amide bonds. The molecule has 0 radical (unpaired) electrons. The average molecular weight is 509 g/mol. The van der Waals surface area contributed by atoms with Gasteiger partial charge in [0.05, 0.1) is 31.5 Å². The molecule has 0 spiro atoms. The molecular weight excluding hydrogens is 478 g/mol. The molecule has 2 heterocycles. The molecule has 1 aliphatic heterocycles. The number of thioether (sulfide) groups is 1. The number of hydrogen-bond acceptors (Lipinski definition) is 10. The van der Waals surface area contributed by atoms with E-state index in [-0.39, 0.29) is 37.3 Å². The van der Waals surface area contributed by atoms with E-state index in [1.165, 1.54) is 6.07 Å². The van der Waals surface area contributed by atoms with Crippen LogP contribution in [0.2, 0.25) is 0 Å². The van der Waals surface area contributed by atoms with Crippen molar-refractivity contribution in [2.75, 3.05) is 34.7 Å². The van der Waals surface area contributed by atoms with Gasteiger partial charge in [0.15, 0.2) is 28.4 Å². The smallest absolute Gasteiger partial charge is 0.191 e. The van der Waals surface area contributed by atoms with Crippen LogP contribution in [0.25, 0.3) is 0 Å². The zero-order valence-corrected chi connectivity index (χ0v) is 20.2. The van der Waals surface area contributed by atoms with E-state index in [0.29, 0.717) is 35.3 Å². The molecule has 5 unspecified atom stereocenters. The molecule has 12 heteroatoms. The highest BCUT2D eigenvalue weighted by molar-refractivity contribution is 7.99. The van der Waals surface area contributed by atoms with Crippen LogP contribution in [0.15, 0.2) is 23.4 Å². The van der Waals surface area contributed by atoms with E-state index >= 15 is 0 Å². The van der Waals surface area contributed by atoms with E-state index in [9.17, 15) is 13.9 Å². The second kappa shape index (κ2) is 10.4. The van der Waals surface area contributed by atoms with Gasteiger partial charge < -0.3 is 20.3 Å². The Kier molecular flexibility index (Phi) is 7.26. The number of hydrazine groups is 2. The maximum Gasteiger partial charge on any atom is 0.191 e. The minimum Gasteiger partial charge on any atom is -0.394 e. The van der Waals surface area contributed by atoms with Crippen LogP contribution in [0.1, 0.15) is 44.1 Å². The van der Waals surface area contributed by atoms with Crippen molar-refractivity contribution >= 4 is 29.1 Å². The van der Waals surface area contributed by atoms with Crippen molar-refractivity contribution in [1.29, 1.82) is 0 Å². The monoisotopic (exact) mass is 508 g/mol. The lowest BCUT2D eigenvalue weighted by molar-refractivity contribution is 0.0252. The molecular formula is C23H30F2N6O3S. The molecule has 0 bridgehead atoms. The van der Waals surface area contributed by atoms with Gasteiger partial charge in [0.1, 0.15) is 5.69 Å². The van der Waals surface area contributed by atoms with Gasteiger partial charge in [0, 0.05) is 24.1 Å². The first-order valence-corrected chi connectivity index (χ1v) is 12.9. The fraction of sp³-hybridized carbons (Fsp3) is 0.565. The van der Waals surface area contributed by atoms with Crippen molar-refractivity contribution in [3.63, 3.8) is 0 Å². The average Bonchev–Trinajstić information content (AvgIpc) is 3.32. The summed E-state index contributed by atoms with van der Waals surface area (Å²) in [6.07, 6.45) is 2.04. The van der Waals surface area contributed by atoms with Crippen LogP contribution in [0, 0.1) is 11.6 Å². The Morgan fingerprint density at radius 3 is 2.86 bits per heavy atom. The molecule has 5 atom stereocenters. The molecule has 0 saturated heterocycles. The van der Waals surface area contributed by atoms with Gasteiger partial charge >= 0.3 is 0 Å². The first-order chi connectivity index (χ1) is 17.0. The third-order valence-electron chi connectivity index (χ3n) is 6.55. The molecule has 3 aliphatic rings. The van der Waals surface area contributed by atoms with Crippen LogP contribution in [0.3, 0.4) is 0 Å². The zero-order chi connectivity index (χ0) is 24.5. The molecule has 2 fully saturated rings. The van der Waals surface area contributed by atoms with Crippen molar-refractivity contribution in [3.05, 3.63) is 35.4 Å². The number of rotatable bonds is 10. The number of aliphatic hydroxyl groups excluding tert-OH is 2. The summed E-state index contributed by atoms with van der Waals surface area (Å²) in [6.45, 7) is 2.27. The lowest BCUT2D eigenvalue weighted by Crippen LogP contribution is -2.48. The van der Waals surface area contributed by atoms with Gasteiger partial charge in [0.2, 0.25) is 0 Å². The topological polar surface area (TPSA) is 115 Å². The van der Waals surface area contributed by atoms with E-state index in [1.807, 2.05) is 5.01 Å². The van der Waals surface area contributed by atoms with Gasteiger partial charge in [0.25, 0.3) is 0 Å². The third kappa shape index (κ3) is 5.17. The van der Waals surface area contributed by atoms with Crippen LogP contribution in [0.4, 0.5) is 26.1 Å². The number of nitrogens with zero attached hydrogens (tertiary/aromatic N) is 3. The van der Waals surface area contributed by atoms with Crippen LogP contribution >= 0.6 is 11.8 Å². The van der Waals surface area contributed by atoms with Crippen molar-refractivity contribution in [1.82, 2.24) is 15.5 Å². The van der Waals surface area contributed by atoms with Crippen molar-refractivity contribution in [2.45, 2.75) is 68.0 Å². The Labute approximate surface area is 206 Å². The molecule has 9 nitrogen and oxygen atoms in total. The molecule has 5 rings (SSSR count). The highest BCUT2D eigenvalue weighted by atomic mass is 32.2. The summed E-state index contributed by atoms with van der Waals surface area (Å²) in [7, 11) is 0. The summed E-state index contributed by atoms with van der Waals surface area (Å²) in [4.78, 5) is 9.47. The van der Waals surface area contributed by atoms with Crippen LogP contribution in [0.5, 0.6) is 0 Å². The zero-order valence-electron chi connectivity index (χ0n) is 19.4. The van der Waals surface area contributed by atoms with Crippen molar-refractivity contribution in [3.8, 4) is 0 Å². The predicted molar refractivity (Wildman–Crippen MR) is 129 cm³/mol. The Bertz CT molecular complexity index is 1070. The molecule has 2 aromatic rings. The molecule has 1 aromatic carbocycles. The first-order valence-electron chi connectivity index (χ1n) is 12.0. The Hall–Kier alpha value is -2.25. The number of aromatic nitrogens is 2. The fourth-order valence-electron chi connectivity index (χ4n) is 4.71. The second-order valence-corrected chi connectivity index (χ2v) is 10.2. The first kappa shape index (κ1) is 24.4. The summed E-state index contributed by atoms with van der Waals surface area (Å²) >= 11 is 1.56. The lowest BCUT2D eigenvalue weighted by atomic mass is 10.1. The number of fused-ring (bicyclic) bond motifs is 1. The van der Waals surface area contributed by atoms with E-state index in [4.69, 9.17) is 19.8 Å². The van der Waals surface area contributed by atoms with Gasteiger partial charge in [-0.25, -0.2) is 18.7 Å². The molecule has 2 saturated carbocycles. The van der Waals surface area contributed by atoms with E-state index < -0.39 is 17.7 Å². The van der Waals surface area contributed by atoms with Crippen molar-refractivity contribution in [2.24, 2.45) is 0 Å². The van der Waals surface area contributed by atoms with Gasteiger partial charge in [-0.15, -0.1) is 5.53 Å². The summed E-state index contributed by atoms with van der Waals surface area (Å²) in [5.74, 6) is 0.500. The number of anilines is 3. The molecule has 5 N–H and O–H groups in total. The number of aliphatic hydroxyl groups is 2. The number of benzene rings is 1. The fourth-order valence-corrected chi connectivity index (χ4v) is 5.41. The highest BCUT2D eigenvalue weighted by Crippen LogP contribution is 2.46. The van der Waals surface area contributed by atoms with E-state index in [1.54, 1.807) is 17.8 Å². The Balaban J connectivity index is 1.36. The normalized spacial score (nSPS) is 27.1. The van der Waals surface area contributed by atoms with Crippen LogP contribution < -0.4 is 21.3 Å². The minimum atomic E-state index is -0.849. The van der Waals surface area contributed by atoms with Crippen LogP contribution in [-0.2, 0) is 4.74 Å². The molecule has 190 valence electrons. The maximum absolute atomic E-state index is 13.7. The third-order valence-corrected chi connectivity index (χ3v) is 7.60. The second-order valence-electron chi connectivity index (χ2n) is 9.10. The Morgan fingerprint density at radius 2 is 2.09 bits per heavy atom. The quantitative estimate of drug-likeness (QED) is 0.242. The van der Waals surface area contributed by atoms with Gasteiger partial charge in [-0.1, -0.05) is 24.8 Å². The molecule has 1 aromatic heterocycles. The minimum absolute atomic E-state index is 0.0343. The maximum atomic E-state index is 13.7. The van der Waals surface area contributed by atoms with E-state index in [0.717, 1.165) is 30.2 Å². The number of ether oxygens (including phenoxy) is 1. The summed E-state index contributed by atoms with van der Waals surface area (Å²) in [5, 5.41) is 25.6. The summed E-state index contributed by atoms with van der Waals surface area (Å²) in [6, 6.07) is 3.81. The molecule has 2 aliphatic carbocycles. The molecule has 35 heavy (non-hydrogen) atoms. The summed E-state index contributed by atoms with van der Waals surface area (Å²) < 4.78 is 32.7. The SMILES string of the molecule is CCCSc1nc(NC2CC2c2ccc(F)c(F)c2)c2c(n1)N(C1CC(OCCO)CC1O)NN2. The van der Waals surface area contributed by atoms with Gasteiger partial charge in [-0.3, -0.25) is 10.4 Å².